The van der Waals surface area contributed by atoms with Crippen molar-refractivity contribution in [1.29, 1.82) is 0 Å². The van der Waals surface area contributed by atoms with E-state index in [9.17, 15) is 19.2 Å². The highest BCUT2D eigenvalue weighted by atomic mass is 16.6. The number of fused-ring (bicyclic) bond motifs is 1. The molecule has 14 nitrogen and oxygen atoms in total. The van der Waals surface area contributed by atoms with Gasteiger partial charge < -0.3 is 24.4 Å². The summed E-state index contributed by atoms with van der Waals surface area (Å²) in [5.41, 5.74) is -0.575. The largest absolute Gasteiger partial charge is 0.443 e. The molecular weight excluding hydrogens is 666 g/mol. The Labute approximate surface area is 304 Å². The summed E-state index contributed by atoms with van der Waals surface area (Å²) in [5.74, 6) is -1.62. The van der Waals surface area contributed by atoms with Crippen molar-refractivity contribution < 1.29 is 33.4 Å². The van der Waals surface area contributed by atoms with Crippen molar-refractivity contribution in [2.45, 2.75) is 123 Å². The molecule has 1 N–H and O–H groups in total. The Hall–Kier alpha value is -4.56. The molecule has 3 fully saturated rings. The Morgan fingerprint density at radius 1 is 0.904 bits per heavy atom. The van der Waals surface area contributed by atoms with Crippen LogP contribution >= 0.6 is 0 Å². The van der Waals surface area contributed by atoms with E-state index in [1.807, 2.05) is 30.3 Å². The highest BCUT2D eigenvalue weighted by Crippen LogP contribution is 2.36. The first-order valence-electron chi connectivity index (χ1n) is 18.3. The first kappa shape index (κ1) is 37.2. The Morgan fingerprint density at radius 2 is 1.58 bits per heavy atom. The van der Waals surface area contributed by atoms with Gasteiger partial charge in [-0.2, -0.15) is 10.00 Å². The van der Waals surface area contributed by atoms with E-state index in [4.69, 9.17) is 19.3 Å². The van der Waals surface area contributed by atoms with E-state index in [0.29, 0.717) is 32.2 Å². The minimum atomic E-state index is -0.994. The summed E-state index contributed by atoms with van der Waals surface area (Å²) in [4.78, 5) is 64.6. The quantitative estimate of drug-likeness (QED) is 0.287. The third kappa shape index (κ3) is 8.23. The van der Waals surface area contributed by atoms with Gasteiger partial charge in [-0.1, -0.05) is 36.8 Å². The Morgan fingerprint density at radius 3 is 2.15 bits per heavy atom. The normalized spacial score (nSPS) is 21.7. The van der Waals surface area contributed by atoms with Crippen molar-refractivity contribution in [1.82, 2.24) is 24.6 Å². The lowest BCUT2D eigenvalue weighted by atomic mass is 9.88. The molecule has 3 atom stereocenters. The van der Waals surface area contributed by atoms with E-state index in [-0.39, 0.29) is 34.5 Å². The van der Waals surface area contributed by atoms with Gasteiger partial charge in [0.05, 0.1) is 23.3 Å². The number of hydrogen-bond acceptors (Lipinski definition) is 10. The van der Waals surface area contributed by atoms with Crippen LogP contribution < -0.4 is 10.2 Å². The number of carbonyl (C=O) groups excluding carboxylic acids is 4. The minimum absolute atomic E-state index is 0.0764. The standard InChI is InChI=1S/C38H51N7O7/c1-24-21-43(29(25-14-9-8-10-15-25)23-42(24)26-16-13-17-26)34(47)33(46)40-28-20-39-32(27-22-44(41-31(27)28)30-18-11-12-19-50-30)45(35(48)51-37(2,3)4)36(49)52-38(5,6)7/h8-10,14-15,20,22,24,26,29-30H,11-13,16-19,21,23H2,1-7H3,(H,40,46)/t24-,29-,30?/m1/s1. The summed E-state index contributed by atoms with van der Waals surface area (Å²) in [7, 11) is 0. The SMILES string of the molecule is C[C@@H]1CN(C(=O)C(=O)Nc2cnc(N(C(=O)OC(C)(C)C)C(=O)OC(C)(C)C)c3cn(C4CCCCO4)nc23)[C@@H](c2ccccc2)CN1C1CCC1. The fraction of sp³-hybridized carbons (Fsp3) is 0.579. The van der Waals surface area contributed by atoms with E-state index >= 15 is 0 Å². The molecule has 6 rings (SSSR count). The lowest BCUT2D eigenvalue weighted by Crippen LogP contribution is -2.60. The van der Waals surface area contributed by atoms with Gasteiger partial charge in [-0.25, -0.2) is 19.3 Å². The highest BCUT2D eigenvalue weighted by molar-refractivity contribution is 6.40. The van der Waals surface area contributed by atoms with Crippen molar-refractivity contribution >= 4 is 46.4 Å². The van der Waals surface area contributed by atoms with Gasteiger partial charge in [0.1, 0.15) is 22.9 Å². The predicted octanol–water partition coefficient (Wildman–Crippen LogP) is 6.57. The molecule has 280 valence electrons. The molecule has 4 amide bonds. The summed E-state index contributed by atoms with van der Waals surface area (Å²) in [5, 5.41) is 7.79. The van der Waals surface area contributed by atoms with Crippen molar-refractivity contribution in [3.05, 3.63) is 48.3 Å². The molecule has 2 aliphatic heterocycles. The molecular formula is C38H51N7O7. The second kappa shape index (κ2) is 14.8. The molecule has 1 saturated carbocycles. The van der Waals surface area contributed by atoms with Crippen LogP contribution in [0.25, 0.3) is 10.9 Å². The maximum atomic E-state index is 14.1. The van der Waals surface area contributed by atoms with Gasteiger partial charge in [-0.05, 0) is 86.1 Å². The average Bonchev–Trinajstić information content (AvgIpc) is 3.51. The number of anilines is 2. The number of ether oxygens (including phenoxy) is 3. The minimum Gasteiger partial charge on any atom is -0.443 e. The van der Waals surface area contributed by atoms with E-state index < -0.39 is 41.4 Å². The first-order valence-corrected chi connectivity index (χ1v) is 18.3. The summed E-state index contributed by atoms with van der Waals surface area (Å²) in [6.45, 7) is 13.8. The molecule has 14 heteroatoms. The van der Waals surface area contributed by atoms with Crippen molar-refractivity contribution in [3.8, 4) is 0 Å². The zero-order chi connectivity index (χ0) is 37.4. The zero-order valence-electron chi connectivity index (χ0n) is 31.3. The first-order chi connectivity index (χ1) is 24.6. The average molecular weight is 718 g/mol. The van der Waals surface area contributed by atoms with Crippen LogP contribution in [0.1, 0.15) is 105 Å². The number of piperazine rings is 1. The highest BCUT2D eigenvalue weighted by Gasteiger charge is 2.42. The molecule has 0 spiro atoms. The second-order valence-corrected chi connectivity index (χ2v) is 16.0. The zero-order valence-corrected chi connectivity index (χ0v) is 31.3. The molecule has 2 aromatic heterocycles. The number of imide groups is 1. The predicted molar refractivity (Wildman–Crippen MR) is 195 cm³/mol. The van der Waals surface area contributed by atoms with Crippen molar-refractivity contribution in [2.24, 2.45) is 0 Å². The number of hydrogen-bond donors (Lipinski definition) is 1. The number of aromatic nitrogens is 3. The molecule has 1 aliphatic carbocycles. The molecule has 52 heavy (non-hydrogen) atoms. The molecule has 1 unspecified atom stereocenters. The third-order valence-electron chi connectivity index (χ3n) is 9.58. The number of pyridine rings is 1. The van der Waals surface area contributed by atoms with Crippen LogP contribution in [-0.4, -0.2) is 91.5 Å². The summed E-state index contributed by atoms with van der Waals surface area (Å²) in [6.07, 6.45) is 6.49. The van der Waals surface area contributed by atoms with Crippen LogP contribution in [0.5, 0.6) is 0 Å². The smallest absolute Gasteiger partial charge is 0.425 e. The van der Waals surface area contributed by atoms with Gasteiger partial charge >= 0.3 is 24.0 Å². The number of benzene rings is 1. The van der Waals surface area contributed by atoms with Crippen LogP contribution in [0.15, 0.2) is 42.7 Å². The maximum absolute atomic E-state index is 14.1. The van der Waals surface area contributed by atoms with E-state index in [1.165, 1.54) is 12.6 Å². The third-order valence-corrected chi connectivity index (χ3v) is 9.58. The monoisotopic (exact) mass is 717 g/mol. The number of amides is 4. The second-order valence-electron chi connectivity index (χ2n) is 16.0. The van der Waals surface area contributed by atoms with Crippen LogP contribution in [0, 0.1) is 0 Å². The summed E-state index contributed by atoms with van der Waals surface area (Å²) >= 11 is 0. The van der Waals surface area contributed by atoms with Crippen LogP contribution in [0.4, 0.5) is 21.1 Å². The van der Waals surface area contributed by atoms with E-state index in [2.05, 4.69) is 22.1 Å². The van der Waals surface area contributed by atoms with Crippen LogP contribution in [0.3, 0.4) is 0 Å². The topological polar surface area (TPSA) is 148 Å². The van der Waals surface area contributed by atoms with Gasteiger partial charge in [0.25, 0.3) is 0 Å². The summed E-state index contributed by atoms with van der Waals surface area (Å²) in [6, 6.07) is 10.0. The molecule has 0 radical (unpaired) electrons. The van der Waals surface area contributed by atoms with Gasteiger partial charge in [-0.15, -0.1) is 0 Å². The Balaban J connectivity index is 1.35. The maximum Gasteiger partial charge on any atom is 0.425 e. The fourth-order valence-corrected chi connectivity index (χ4v) is 6.94. The molecule has 1 aromatic carbocycles. The van der Waals surface area contributed by atoms with Crippen molar-refractivity contribution in [3.63, 3.8) is 0 Å². The van der Waals surface area contributed by atoms with Crippen LogP contribution in [0.2, 0.25) is 0 Å². The van der Waals surface area contributed by atoms with Crippen LogP contribution in [-0.2, 0) is 23.8 Å². The van der Waals surface area contributed by atoms with Gasteiger partial charge in [-0.3, -0.25) is 14.5 Å². The Bertz CT molecular complexity index is 1760. The number of nitrogens with one attached hydrogen (secondary N) is 1. The van der Waals surface area contributed by atoms with Gasteiger partial charge in [0.2, 0.25) is 0 Å². The molecule has 0 bridgehead atoms. The molecule has 2 saturated heterocycles. The number of rotatable bonds is 5. The van der Waals surface area contributed by atoms with Gasteiger partial charge in [0, 0.05) is 38.0 Å². The van der Waals surface area contributed by atoms with E-state index in [1.54, 1.807) is 57.3 Å². The summed E-state index contributed by atoms with van der Waals surface area (Å²) < 4.78 is 18.8. The van der Waals surface area contributed by atoms with Crippen molar-refractivity contribution in [2.75, 3.05) is 29.9 Å². The van der Waals surface area contributed by atoms with E-state index in [0.717, 1.165) is 36.1 Å². The number of carbonyl (C=O) groups is 4. The van der Waals surface area contributed by atoms with Gasteiger partial charge in [0.15, 0.2) is 5.82 Å². The fourth-order valence-electron chi connectivity index (χ4n) is 6.94. The lowest BCUT2D eigenvalue weighted by Gasteiger charge is -2.50. The molecule has 3 aliphatic rings. The number of nitrogens with zero attached hydrogens (tertiary/aromatic N) is 6. The molecule has 3 aromatic rings. The molecule has 4 heterocycles. The Kier molecular flexibility index (Phi) is 10.6. The lowest BCUT2D eigenvalue weighted by molar-refractivity contribution is -0.149.